The van der Waals surface area contributed by atoms with Crippen molar-refractivity contribution in [1.82, 2.24) is 4.31 Å². The highest BCUT2D eigenvalue weighted by atomic mass is 35.5. The molecule has 0 fully saturated rings. The summed E-state index contributed by atoms with van der Waals surface area (Å²) in [4.78, 5) is 0.0831. The molecule has 0 saturated heterocycles. The van der Waals surface area contributed by atoms with Gasteiger partial charge in [-0.2, -0.15) is 4.31 Å². The molecule has 0 amide bonds. The molecule has 0 radical (unpaired) electrons. The molecule has 0 atom stereocenters. The van der Waals surface area contributed by atoms with Crippen LogP contribution in [0.2, 0.25) is 5.02 Å². The molecule has 0 N–H and O–H groups in total. The molecule has 1 heterocycles. The molecular weight excluding hydrogens is 365 g/mol. The summed E-state index contributed by atoms with van der Waals surface area (Å²) in [5.74, 6) is 0.00660. The predicted octanol–water partition coefficient (Wildman–Crippen LogP) is 4.46. The van der Waals surface area contributed by atoms with Crippen LogP contribution in [0.1, 0.15) is 11.3 Å². The summed E-state index contributed by atoms with van der Waals surface area (Å²) in [6.45, 7) is -0.120. The molecule has 4 nitrogen and oxygen atoms in total. The van der Waals surface area contributed by atoms with Gasteiger partial charge in [-0.05, 0) is 42.5 Å². The van der Waals surface area contributed by atoms with Gasteiger partial charge >= 0.3 is 0 Å². The lowest BCUT2D eigenvalue weighted by Gasteiger charge is -2.21. The van der Waals surface area contributed by atoms with E-state index in [9.17, 15) is 12.8 Å². The molecule has 1 aromatic heterocycles. The van der Waals surface area contributed by atoms with Crippen molar-refractivity contribution in [3.05, 3.63) is 89.1 Å². The largest absolute Gasteiger partial charge is 0.468 e. The van der Waals surface area contributed by atoms with Crippen molar-refractivity contribution in [1.29, 1.82) is 0 Å². The highest BCUT2D eigenvalue weighted by molar-refractivity contribution is 7.89. The normalized spacial score (nSPS) is 11.8. The van der Waals surface area contributed by atoms with E-state index < -0.39 is 15.8 Å². The Morgan fingerprint density at radius 1 is 0.960 bits per heavy atom. The number of benzene rings is 2. The summed E-state index contributed by atoms with van der Waals surface area (Å²) in [6, 6.07) is 15.3. The second-order valence-electron chi connectivity index (χ2n) is 5.40. The van der Waals surface area contributed by atoms with Crippen molar-refractivity contribution in [2.75, 3.05) is 0 Å². The van der Waals surface area contributed by atoms with Crippen molar-refractivity contribution in [2.24, 2.45) is 0 Å². The van der Waals surface area contributed by atoms with Gasteiger partial charge in [0.2, 0.25) is 10.0 Å². The fourth-order valence-corrected chi connectivity index (χ4v) is 3.88. The first kappa shape index (κ1) is 17.7. The van der Waals surface area contributed by atoms with E-state index in [0.29, 0.717) is 10.8 Å². The van der Waals surface area contributed by atoms with Crippen LogP contribution in [0.5, 0.6) is 0 Å². The van der Waals surface area contributed by atoms with Crippen molar-refractivity contribution < 1.29 is 17.2 Å². The van der Waals surface area contributed by atoms with Gasteiger partial charge in [-0.3, -0.25) is 0 Å². The molecule has 0 spiro atoms. The van der Waals surface area contributed by atoms with Gasteiger partial charge in [-0.1, -0.05) is 29.8 Å². The zero-order chi connectivity index (χ0) is 17.9. The van der Waals surface area contributed by atoms with Gasteiger partial charge < -0.3 is 4.42 Å². The Labute approximate surface area is 150 Å². The molecule has 0 bridgehead atoms. The van der Waals surface area contributed by atoms with E-state index in [-0.39, 0.29) is 23.5 Å². The number of hydrogen-bond donors (Lipinski definition) is 0. The molecule has 3 aromatic rings. The number of halogens is 2. The number of furan rings is 1. The maximum absolute atomic E-state index is 14.0. The number of nitrogens with zero attached hydrogens (tertiary/aromatic N) is 1. The minimum atomic E-state index is -3.86. The molecule has 25 heavy (non-hydrogen) atoms. The van der Waals surface area contributed by atoms with Crippen LogP contribution in [-0.4, -0.2) is 12.7 Å². The monoisotopic (exact) mass is 379 g/mol. The smallest absolute Gasteiger partial charge is 0.243 e. The molecule has 0 aliphatic carbocycles. The van der Waals surface area contributed by atoms with E-state index >= 15 is 0 Å². The van der Waals surface area contributed by atoms with Crippen molar-refractivity contribution >= 4 is 21.6 Å². The van der Waals surface area contributed by atoms with E-state index in [1.807, 2.05) is 0 Å². The van der Waals surface area contributed by atoms with Gasteiger partial charge in [0.05, 0.1) is 17.7 Å². The Hall–Kier alpha value is -2.15. The van der Waals surface area contributed by atoms with Gasteiger partial charge in [-0.25, -0.2) is 12.8 Å². The van der Waals surface area contributed by atoms with E-state index in [2.05, 4.69) is 0 Å². The van der Waals surface area contributed by atoms with Crippen molar-refractivity contribution in [3.8, 4) is 0 Å². The van der Waals surface area contributed by atoms with E-state index in [1.54, 1.807) is 30.3 Å². The molecule has 0 unspecified atom stereocenters. The third kappa shape index (κ3) is 4.10. The van der Waals surface area contributed by atoms with Gasteiger partial charge in [0, 0.05) is 17.1 Å². The molecular formula is C18H15ClFNO3S. The average Bonchev–Trinajstić information content (AvgIpc) is 3.10. The third-order valence-electron chi connectivity index (χ3n) is 3.67. The highest BCUT2D eigenvalue weighted by Gasteiger charge is 2.26. The van der Waals surface area contributed by atoms with Crippen LogP contribution in [0.25, 0.3) is 0 Å². The minimum absolute atomic E-state index is 0.00764. The number of sulfonamides is 1. The Kier molecular flexibility index (Phi) is 5.22. The van der Waals surface area contributed by atoms with Crippen LogP contribution >= 0.6 is 11.6 Å². The lowest BCUT2D eigenvalue weighted by Crippen LogP contribution is -2.30. The molecule has 0 saturated carbocycles. The average molecular weight is 380 g/mol. The van der Waals surface area contributed by atoms with E-state index in [1.165, 1.54) is 40.9 Å². The second kappa shape index (κ2) is 7.39. The van der Waals surface area contributed by atoms with Gasteiger partial charge in [0.25, 0.3) is 0 Å². The number of hydrogen-bond acceptors (Lipinski definition) is 3. The van der Waals surface area contributed by atoms with E-state index in [0.717, 1.165) is 0 Å². The van der Waals surface area contributed by atoms with Gasteiger partial charge in [-0.15, -0.1) is 0 Å². The van der Waals surface area contributed by atoms with Crippen molar-refractivity contribution in [2.45, 2.75) is 18.0 Å². The van der Waals surface area contributed by atoms with Gasteiger partial charge in [0.1, 0.15) is 11.6 Å². The van der Waals surface area contributed by atoms with Crippen LogP contribution in [0.15, 0.2) is 76.2 Å². The molecule has 0 aliphatic heterocycles. The van der Waals surface area contributed by atoms with Crippen LogP contribution in [0.4, 0.5) is 4.39 Å². The van der Waals surface area contributed by atoms with Crippen LogP contribution < -0.4 is 0 Å². The summed E-state index contributed by atoms with van der Waals surface area (Å²) in [7, 11) is -3.86. The van der Waals surface area contributed by atoms with E-state index in [4.69, 9.17) is 16.0 Å². The fourth-order valence-electron chi connectivity index (χ4n) is 2.37. The summed E-state index contributed by atoms with van der Waals surface area (Å²) in [5, 5.41) is 0.436. The Balaban J connectivity index is 1.97. The fraction of sp³-hybridized carbons (Fsp3) is 0.111. The topological polar surface area (TPSA) is 50.5 Å². The Morgan fingerprint density at radius 2 is 1.68 bits per heavy atom. The molecule has 0 aliphatic rings. The number of rotatable bonds is 6. The molecule has 3 rings (SSSR count). The molecule has 2 aromatic carbocycles. The Bertz CT molecular complexity index is 941. The minimum Gasteiger partial charge on any atom is -0.468 e. The first-order valence-corrected chi connectivity index (χ1v) is 9.30. The predicted molar refractivity (Wildman–Crippen MR) is 93.0 cm³/mol. The zero-order valence-electron chi connectivity index (χ0n) is 13.1. The maximum Gasteiger partial charge on any atom is 0.243 e. The summed E-state index contributed by atoms with van der Waals surface area (Å²) in [5.41, 5.74) is 0.284. The second-order valence-corrected chi connectivity index (χ2v) is 7.77. The SMILES string of the molecule is O=S(=O)(c1ccc(Cl)cc1)N(Cc1ccco1)Cc1ccccc1F. The summed E-state index contributed by atoms with van der Waals surface area (Å²) < 4.78 is 46.5. The third-order valence-corrected chi connectivity index (χ3v) is 5.73. The molecule has 130 valence electrons. The van der Waals surface area contributed by atoms with Crippen LogP contribution in [0.3, 0.4) is 0 Å². The standard InChI is InChI=1S/C18H15ClFNO3S/c19-15-7-9-17(10-8-15)25(22,23)21(13-16-5-3-11-24-16)12-14-4-1-2-6-18(14)20/h1-11H,12-13H2. The lowest BCUT2D eigenvalue weighted by atomic mass is 10.2. The summed E-state index contributed by atoms with van der Waals surface area (Å²) >= 11 is 5.83. The van der Waals surface area contributed by atoms with Crippen LogP contribution in [-0.2, 0) is 23.1 Å². The van der Waals surface area contributed by atoms with Crippen molar-refractivity contribution in [3.63, 3.8) is 0 Å². The Morgan fingerprint density at radius 3 is 2.32 bits per heavy atom. The first-order valence-electron chi connectivity index (χ1n) is 7.48. The maximum atomic E-state index is 14.0. The lowest BCUT2D eigenvalue weighted by molar-refractivity contribution is 0.354. The van der Waals surface area contributed by atoms with Crippen LogP contribution in [0, 0.1) is 5.82 Å². The highest BCUT2D eigenvalue weighted by Crippen LogP contribution is 2.23. The molecule has 7 heteroatoms. The quantitative estimate of drug-likeness (QED) is 0.635. The van der Waals surface area contributed by atoms with Gasteiger partial charge in [0.15, 0.2) is 0 Å². The first-order chi connectivity index (χ1) is 12.0. The zero-order valence-corrected chi connectivity index (χ0v) is 14.7. The summed E-state index contributed by atoms with van der Waals surface area (Å²) in [6.07, 6.45) is 1.46.